The fraction of sp³-hybridized carbons (Fsp3) is 0.00775. The van der Waals surface area contributed by atoms with Crippen LogP contribution in [-0.2, 0) is 0 Å². The van der Waals surface area contributed by atoms with Crippen LogP contribution in [0.1, 0.15) is 5.56 Å². The lowest BCUT2D eigenvalue weighted by molar-refractivity contribution is 0.487. The Morgan fingerprint density at radius 1 is 0.225 bits per heavy atom. The summed E-state index contributed by atoms with van der Waals surface area (Å²) >= 11 is 0. The molecule has 0 fully saturated rings. The molecule has 28 rings (SSSR count). The van der Waals surface area contributed by atoms with Crippen LogP contribution in [0.2, 0.25) is 0 Å². The Morgan fingerprint density at radius 2 is 0.630 bits per heavy atom. The number of halogens is 1. The normalized spacial score (nSPS) is 12.0. The molecule has 6 nitrogen and oxygen atoms in total. The lowest BCUT2D eigenvalue weighted by Gasteiger charge is -2.30. The van der Waals surface area contributed by atoms with E-state index in [0.717, 1.165) is 166 Å². The highest BCUT2D eigenvalue weighted by Crippen LogP contribution is 2.56. The molecule has 644 valence electrons. The van der Waals surface area contributed by atoms with E-state index in [1.807, 2.05) is 108 Å². The summed E-state index contributed by atoms with van der Waals surface area (Å²) in [5.74, 6) is 2.85. The largest absolute Gasteiger partial charge is 0.457 e. The Bertz CT molecular complexity index is 9480. The minimum Gasteiger partial charge on any atom is -0.457 e. The van der Waals surface area contributed by atoms with Crippen molar-refractivity contribution in [1.29, 1.82) is 0 Å². The minimum absolute atomic E-state index is 0.0988. The van der Waals surface area contributed by atoms with Crippen LogP contribution in [0, 0.1) is 12.7 Å². The zero-order valence-corrected chi connectivity index (χ0v) is 75.1. The number of nitrogens with zero attached hydrogens (tertiary/aromatic N) is 2. The number of fused-ring (bicyclic) bond motifs is 21. The molecule has 2 aliphatic heterocycles. The number of anilines is 6. The highest BCUT2D eigenvalue weighted by atomic mass is 19.1. The molecule has 0 spiro atoms. The number of ether oxygens (including phenoxy) is 2. The van der Waals surface area contributed by atoms with Crippen LogP contribution in [0.5, 0.6) is 23.0 Å². The first kappa shape index (κ1) is 79.9. The van der Waals surface area contributed by atoms with Gasteiger partial charge in [0, 0.05) is 83.6 Å². The number of furan rings is 2. The molecule has 0 amide bonds. The molecule has 0 unspecified atom stereocenters. The maximum Gasteiger partial charge on any atom is 0.247 e. The Kier molecular flexibility index (Phi) is 18.9. The van der Waals surface area contributed by atoms with Crippen molar-refractivity contribution < 1.29 is 22.7 Å². The third-order valence-electron chi connectivity index (χ3n) is 28.7. The van der Waals surface area contributed by atoms with Gasteiger partial charge < -0.3 is 28.1 Å². The molecule has 0 N–H and O–H groups in total. The van der Waals surface area contributed by atoms with Crippen LogP contribution in [-0.4, -0.2) is 13.4 Å². The first-order chi connectivity index (χ1) is 68.3. The Labute approximate surface area is 796 Å². The molecule has 24 aromatic carbocycles. The van der Waals surface area contributed by atoms with Gasteiger partial charge in [-0.3, -0.25) is 0 Å². The summed E-state index contributed by atoms with van der Waals surface area (Å²) in [4.78, 5) is 4.40. The maximum atomic E-state index is 17.4. The summed E-state index contributed by atoms with van der Waals surface area (Å²) in [7, 11) is 0. The third-order valence-corrected chi connectivity index (χ3v) is 28.7. The molecular formula is C129H81B2FN2O4. The van der Waals surface area contributed by atoms with Crippen LogP contribution in [0.4, 0.5) is 38.5 Å². The van der Waals surface area contributed by atoms with E-state index in [1.165, 1.54) is 92.2 Å². The molecule has 0 bridgehead atoms. The van der Waals surface area contributed by atoms with Gasteiger partial charge in [-0.2, -0.15) is 0 Å². The van der Waals surface area contributed by atoms with Crippen molar-refractivity contribution in [3.05, 3.63) is 485 Å². The van der Waals surface area contributed by atoms with E-state index in [1.54, 1.807) is 6.07 Å². The van der Waals surface area contributed by atoms with Crippen molar-refractivity contribution in [2.75, 3.05) is 9.80 Å². The molecule has 0 atom stereocenters. The summed E-state index contributed by atoms with van der Waals surface area (Å²) in [6, 6.07) is 167. The number of benzene rings is 24. The van der Waals surface area contributed by atoms with Gasteiger partial charge in [-0.25, -0.2) is 4.39 Å². The van der Waals surface area contributed by atoms with Gasteiger partial charge in [-0.15, -0.1) is 0 Å². The van der Waals surface area contributed by atoms with E-state index in [4.69, 9.17) is 18.3 Å². The average molecular weight is 1760 g/mol. The van der Waals surface area contributed by atoms with Crippen LogP contribution in [0.3, 0.4) is 0 Å². The number of aryl methyl sites for hydroxylation is 1. The zero-order chi connectivity index (χ0) is 91.2. The van der Waals surface area contributed by atoms with Gasteiger partial charge in [0.2, 0.25) is 13.4 Å². The van der Waals surface area contributed by atoms with Crippen molar-refractivity contribution in [1.82, 2.24) is 0 Å². The summed E-state index contributed by atoms with van der Waals surface area (Å²) in [5.41, 5.74) is 25.1. The van der Waals surface area contributed by atoms with Crippen LogP contribution in [0.15, 0.2) is 482 Å². The number of rotatable bonds is 14. The molecule has 2 aromatic heterocycles. The second kappa shape index (κ2) is 32.6. The smallest absolute Gasteiger partial charge is 0.247 e. The molecule has 0 saturated heterocycles. The van der Waals surface area contributed by atoms with E-state index in [9.17, 15) is 0 Å². The maximum absolute atomic E-state index is 17.4. The molecule has 4 heterocycles. The van der Waals surface area contributed by atoms with E-state index in [0.29, 0.717) is 11.4 Å². The van der Waals surface area contributed by atoms with Crippen molar-refractivity contribution in [2.45, 2.75) is 6.92 Å². The quantitative estimate of drug-likeness (QED) is 0.0799. The van der Waals surface area contributed by atoms with Gasteiger partial charge >= 0.3 is 0 Å². The fourth-order valence-corrected chi connectivity index (χ4v) is 22.6. The van der Waals surface area contributed by atoms with E-state index >= 15 is 4.39 Å². The predicted octanol–water partition coefficient (Wildman–Crippen LogP) is 31.7. The van der Waals surface area contributed by atoms with Gasteiger partial charge in [0.05, 0.1) is 17.1 Å². The second-order valence-corrected chi connectivity index (χ2v) is 36.4. The van der Waals surface area contributed by atoms with Gasteiger partial charge in [-0.05, 0) is 219 Å². The molecule has 9 heteroatoms. The lowest BCUT2D eigenvalue weighted by atomic mass is 9.35. The van der Waals surface area contributed by atoms with Crippen LogP contribution in [0.25, 0.3) is 175 Å². The molecular weight excluding hydrogens is 1680 g/mol. The topological polar surface area (TPSA) is 51.2 Å². The van der Waals surface area contributed by atoms with Gasteiger partial charge in [0.15, 0.2) is 0 Å². The molecule has 0 saturated carbocycles. The van der Waals surface area contributed by atoms with Crippen LogP contribution >= 0.6 is 0 Å². The van der Waals surface area contributed by atoms with Crippen LogP contribution < -0.4 is 52.1 Å². The highest BCUT2D eigenvalue weighted by molar-refractivity contribution is 6.99. The van der Waals surface area contributed by atoms with Crippen molar-refractivity contribution in [2.24, 2.45) is 0 Å². The average Bonchev–Trinajstić information content (AvgIpc) is 0.751. The lowest BCUT2D eigenvalue weighted by Crippen LogP contribution is -2.53. The molecule has 26 aromatic rings. The first-order valence-corrected chi connectivity index (χ1v) is 47.2. The molecule has 0 radical (unpaired) electrons. The Balaban J connectivity index is 0.000000140. The Hall–Kier alpha value is -17.8. The minimum atomic E-state index is -0.329. The van der Waals surface area contributed by atoms with E-state index in [-0.39, 0.29) is 19.2 Å². The van der Waals surface area contributed by atoms with Crippen molar-refractivity contribution in [3.8, 4) is 67.5 Å². The van der Waals surface area contributed by atoms with E-state index in [2.05, 4.69) is 376 Å². The summed E-state index contributed by atoms with van der Waals surface area (Å²) in [6.07, 6.45) is 0. The fourth-order valence-electron chi connectivity index (χ4n) is 22.6. The van der Waals surface area contributed by atoms with Gasteiger partial charge in [0.25, 0.3) is 0 Å². The number of hydrogen-bond donors (Lipinski definition) is 0. The number of para-hydroxylation sites is 6. The summed E-state index contributed by atoms with van der Waals surface area (Å²) in [5, 5.41) is 23.4. The Morgan fingerprint density at radius 3 is 1.19 bits per heavy atom. The van der Waals surface area contributed by atoms with Crippen molar-refractivity contribution >= 4 is 210 Å². The van der Waals surface area contributed by atoms with Crippen molar-refractivity contribution in [3.63, 3.8) is 0 Å². The molecule has 0 aliphatic carbocycles. The molecule has 2 aliphatic rings. The number of hydrogen-bond acceptors (Lipinski definition) is 6. The third kappa shape index (κ3) is 13.0. The van der Waals surface area contributed by atoms with Gasteiger partial charge in [-0.1, -0.05) is 385 Å². The zero-order valence-electron chi connectivity index (χ0n) is 75.1. The SMILES string of the molecule is Cc1ccccc1B(c1cc2c3cccc4c3c(cc2c2ccccc12)-c1ccc(N(c2ccccc2)c2c(F)cc(-c3ccccc3)cc2-c2ccccc2)cc1O4)c1cccc2c1oc1ccccc12.c1ccc(B(c2cc3c4cccc5c4c(cc3c3ccccc23)-c2ccc(N(c3ccccc3)c3cc4ccccc4c4ccccc34)cc2O5)c2cccc3c2oc2ccccc23)cc1. The standard InChI is InChI=1S/C67H43BFNO2.C62H38BNO2/c1-42-19-11-15-31-58(42)68(59-32-17-30-53-50-28-14-16-33-62(50)72-67(53)59)60-41-56-52-29-18-34-63-65(52)57(40-55(56)48-26-12-13-27-49(48)60)51-36-35-47(39-64(51)71-63)70(46-24-9-4-10-25-46)66-54(44-22-7-3-8-23-44)37-45(38-61(66)69)43-20-5-2-6-21-43;1-3-18-40(19-4-1)63(55-30-15-29-51-48-27-13-14-31-58(48)66-62(51)55)56-38-53-50-28-16-32-59-61(50)54(37-52(53)45-24-9-11-25-46(45)56)49-34-33-42(36-60(49)65-59)64(41-20-5-2-6-21-41)57-35-39-17-7-8-22-43(39)44-23-10-12-26-47(44)57/h2-41H,1H3;1-38H. The summed E-state index contributed by atoms with van der Waals surface area (Å²) < 4.78 is 45.0. The molecule has 138 heavy (non-hydrogen) atoms. The summed E-state index contributed by atoms with van der Waals surface area (Å²) in [6.45, 7) is 1.97. The monoisotopic (exact) mass is 1760 g/mol. The second-order valence-electron chi connectivity index (χ2n) is 36.4. The predicted molar refractivity (Wildman–Crippen MR) is 579 cm³/mol. The van der Waals surface area contributed by atoms with E-state index < -0.39 is 0 Å². The highest BCUT2D eigenvalue weighted by Gasteiger charge is 2.36. The van der Waals surface area contributed by atoms with Gasteiger partial charge in [0.1, 0.15) is 51.1 Å². The first-order valence-electron chi connectivity index (χ1n) is 47.2.